The molecule has 0 nitrogen and oxygen atoms in total. The van der Waals surface area contributed by atoms with E-state index in [1.807, 2.05) is 0 Å². The van der Waals surface area contributed by atoms with Crippen LogP contribution >= 0.6 is 8.58 Å². The molecule has 0 saturated heterocycles. The Morgan fingerprint density at radius 3 is 1.29 bits per heavy atom. The monoisotopic (exact) mass is 218 g/mol. The zero-order valence-electron chi connectivity index (χ0n) is 9.13. The molecule has 2 fully saturated rings. The first-order chi connectivity index (χ1) is 6.45. The van der Waals surface area contributed by atoms with Gasteiger partial charge in [0.1, 0.15) is 0 Å². The SMILES string of the molecule is C1CCC(PC2CCCCC2)CC1.F. The van der Waals surface area contributed by atoms with Crippen LogP contribution in [-0.4, -0.2) is 11.3 Å². The predicted molar refractivity (Wildman–Crippen MR) is 64.6 cm³/mol. The molecule has 2 aliphatic carbocycles. The summed E-state index contributed by atoms with van der Waals surface area (Å²) in [4.78, 5) is 0. The van der Waals surface area contributed by atoms with Gasteiger partial charge >= 0.3 is 0 Å². The van der Waals surface area contributed by atoms with Gasteiger partial charge in [-0.2, -0.15) is 0 Å². The predicted octanol–water partition coefficient (Wildman–Crippen LogP) is 4.48. The van der Waals surface area contributed by atoms with Gasteiger partial charge in [-0.1, -0.05) is 38.5 Å². The van der Waals surface area contributed by atoms with Crippen molar-refractivity contribution < 1.29 is 4.70 Å². The van der Waals surface area contributed by atoms with E-state index < -0.39 is 0 Å². The molecule has 0 spiro atoms. The first-order valence-corrected chi connectivity index (χ1v) is 7.37. The van der Waals surface area contributed by atoms with Crippen molar-refractivity contribution >= 4 is 8.58 Å². The van der Waals surface area contributed by atoms with Crippen LogP contribution < -0.4 is 0 Å². The lowest BCUT2D eigenvalue weighted by Gasteiger charge is -2.28. The first kappa shape index (κ1) is 12.4. The van der Waals surface area contributed by atoms with Gasteiger partial charge in [0.2, 0.25) is 0 Å². The normalized spacial score (nSPS) is 25.7. The van der Waals surface area contributed by atoms with Gasteiger partial charge in [0, 0.05) is 0 Å². The van der Waals surface area contributed by atoms with E-state index in [2.05, 4.69) is 0 Å². The molecule has 0 aromatic rings. The molecule has 0 atom stereocenters. The summed E-state index contributed by atoms with van der Waals surface area (Å²) < 4.78 is 0. The van der Waals surface area contributed by atoms with E-state index in [4.69, 9.17) is 0 Å². The third-order valence-corrected chi connectivity index (χ3v) is 5.78. The maximum Gasteiger partial charge on any atom is -0.0234 e. The molecule has 0 unspecified atom stereocenters. The fourth-order valence-corrected chi connectivity index (χ4v) is 5.02. The summed E-state index contributed by atoms with van der Waals surface area (Å²) in [7, 11) is 1.33. The minimum Gasteiger partial charge on any atom is -0.269 e. The highest BCUT2D eigenvalue weighted by molar-refractivity contribution is 7.39. The lowest BCUT2D eigenvalue weighted by molar-refractivity contribution is 0.490. The van der Waals surface area contributed by atoms with E-state index in [0.29, 0.717) is 0 Å². The standard InChI is InChI=1S/C12H23P.FH/c1-3-7-11(8-4-1)13-12-9-5-2-6-10-12;/h11-13H,1-10H2;1H. The second-order valence-electron chi connectivity index (χ2n) is 4.84. The van der Waals surface area contributed by atoms with E-state index in [1.165, 1.54) is 47.1 Å². The molecule has 2 aliphatic rings. The lowest BCUT2D eigenvalue weighted by Crippen LogP contribution is -2.14. The fourth-order valence-electron chi connectivity index (χ4n) is 2.87. The Bertz CT molecular complexity index is 121. The molecule has 0 heterocycles. The summed E-state index contributed by atoms with van der Waals surface area (Å²) in [6.07, 6.45) is 15.4. The van der Waals surface area contributed by atoms with Crippen molar-refractivity contribution in [2.45, 2.75) is 75.5 Å². The molecule has 0 amide bonds. The van der Waals surface area contributed by atoms with E-state index in [-0.39, 0.29) is 4.70 Å². The van der Waals surface area contributed by atoms with Crippen molar-refractivity contribution in [2.24, 2.45) is 0 Å². The zero-order chi connectivity index (χ0) is 8.93. The average Bonchev–Trinajstić information content (AvgIpc) is 2.21. The van der Waals surface area contributed by atoms with Crippen LogP contribution in [0.5, 0.6) is 0 Å². The van der Waals surface area contributed by atoms with E-state index in [0.717, 1.165) is 11.3 Å². The van der Waals surface area contributed by atoms with Gasteiger partial charge in [-0.05, 0) is 37.0 Å². The van der Waals surface area contributed by atoms with Gasteiger partial charge in [-0.25, -0.2) is 0 Å². The van der Waals surface area contributed by atoms with Gasteiger partial charge in [-0.15, -0.1) is 8.58 Å². The largest absolute Gasteiger partial charge is 0.269 e. The molecule has 0 bridgehead atoms. The second kappa shape index (κ2) is 6.77. The lowest BCUT2D eigenvalue weighted by atomic mass is 10.00. The molecule has 0 aliphatic heterocycles. The van der Waals surface area contributed by atoms with Crippen LogP contribution in [0.1, 0.15) is 64.2 Å². The van der Waals surface area contributed by atoms with Crippen molar-refractivity contribution in [2.75, 3.05) is 0 Å². The van der Waals surface area contributed by atoms with Crippen molar-refractivity contribution in [1.82, 2.24) is 0 Å². The zero-order valence-corrected chi connectivity index (χ0v) is 10.1. The highest BCUT2D eigenvalue weighted by Crippen LogP contribution is 2.41. The van der Waals surface area contributed by atoms with Crippen LogP contribution in [0.25, 0.3) is 0 Å². The van der Waals surface area contributed by atoms with Crippen molar-refractivity contribution in [3.63, 3.8) is 0 Å². The van der Waals surface area contributed by atoms with Crippen molar-refractivity contribution in [3.05, 3.63) is 0 Å². The van der Waals surface area contributed by atoms with Crippen LogP contribution in [-0.2, 0) is 0 Å². The Kier molecular flexibility index (Phi) is 6.01. The topological polar surface area (TPSA) is 0 Å². The summed E-state index contributed by atoms with van der Waals surface area (Å²) >= 11 is 0. The highest BCUT2D eigenvalue weighted by Gasteiger charge is 2.20. The molecule has 84 valence electrons. The molecule has 0 N–H and O–H groups in total. The third kappa shape index (κ3) is 3.85. The van der Waals surface area contributed by atoms with Crippen LogP contribution in [0.3, 0.4) is 0 Å². The smallest absolute Gasteiger partial charge is 0.0234 e. The van der Waals surface area contributed by atoms with E-state index in [9.17, 15) is 0 Å². The minimum absolute atomic E-state index is 0. The van der Waals surface area contributed by atoms with Crippen molar-refractivity contribution in [1.29, 1.82) is 0 Å². The first-order valence-electron chi connectivity index (χ1n) is 6.21. The molecular weight excluding hydrogens is 194 g/mol. The molecule has 0 aromatic heterocycles. The molecule has 2 rings (SSSR count). The quantitative estimate of drug-likeness (QED) is 0.599. The molecular formula is C12H24FP. The highest BCUT2D eigenvalue weighted by atomic mass is 31.1. The molecule has 0 aromatic carbocycles. The number of halogens is 1. The average molecular weight is 218 g/mol. The Morgan fingerprint density at radius 1 is 0.571 bits per heavy atom. The molecule has 2 saturated carbocycles. The van der Waals surface area contributed by atoms with Crippen LogP contribution in [0.2, 0.25) is 0 Å². The maximum absolute atomic E-state index is 1.56. The summed E-state index contributed by atoms with van der Waals surface area (Å²) in [6.45, 7) is 0. The van der Waals surface area contributed by atoms with E-state index in [1.54, 1.807) is 25.7 Å². The summed E-state index contributed by atoms with van der Waals surface area (Å²) in [5.74, 6) is 0. The number of hydrogen-bond donors (Lipinski definition) is 0. The second-order valence-corrected chi connectivity index (χ2v) is 6.80. The fraction of sp³-hybridized carbons (Fsp3) is 1.00. The van der Waals surface area contributed by atoms with Gasteiger partial charge < -0.3 is 0 Å². The molecule has 2 heteroatoms. The third-order valence-electron chi connectivity index (χ3n) is 3.68. The minimum atomic E-state index is 0. The Hall–Kier alpha value is 0.360. The summed E-state index contributed by atoms with van der Waals surface area (Å²) in [6, 6.07) is 0. The maximum atomic E-state index is 1.56. The Balaban J connectivity index is 0.000000980. The molecule has 14 heavy (non-hydrogen) atoms. The van der Waals surface area contributed by atoms with Gasteiger partial charge in [0.05, 0.1) is 0 Å². The van der Waals surface area contributed by atoms with Crippen LogP contribution in [0.4, 0.5) is 4.70 Å². The van der Waals surface area contributed by atoms with Gasteiger partial charge in [-0.3, -0.25) is 4.70 Å². The number of hydrogen-bond acceptors (Lipinski definition) is 0. The van der Waals surface area contributed by atoms with Crippen LogP contribution in [0.15, 0.2) is 0 Å². The molecule has 0 radical (unpaired) electrons. The van der Waals surface area contributed by atoms with Crippen molar-refractivity contribution in [3.8, 4) is 0 Å². The Labute approximate surface area is 89.4 Å². The number of rotatable bonds is 2. The Morgan fingerprint density at radius 2 is 0.929 bits per heavy atom. The summed E-state index contributed by atoms with van der Waals surface area (Å²) in [5.41, 5.74) is 2.30. The van der Waals surface area contributed by atoms with Gasteiger partial charge in [0.25, 0.3) is 0 Å². The van der Waals surface area contributed by atoms with Gasteiger partial charge in [0.15, 0.2) is 0 Å². The van der Waals surface area contributed by atoms with Crippen LogP contribution in [0, 0.1) is 0 Å². The summed E-state index contributed by atoms with van der Waals surface area (Å²) in [5, 5.41) is 0. The van der Waals surface area contributed by atoms with E-state index >= 15 is 0 Å².